The van der Waals surface area contributed by atoms with Crippen LogP contribution >= 0.6 is 0 Å². The van der Waals surface area contributed by atoms with Gasteiger partial charge in [0.2, 0.25) is 0 Å². The lowest BCUT2D eigenvalue weighted by molar-refractivity contribution is 0.653. The Labute approximate surface area is 105 Å². The molecular weight excluding hydrogens is 226 g/mol. The summed E-state index contributed by atoms with van der Waals surface area (Å²) < 4.78 is 1.38. The zero-order valence-corrected chi connectivity index (χ0v) is 10.2. The van der Waals surface area contributed by atoms with E-state index in [1.54, 1.807) is 6.07 Å². The van der Waals surface area contributed by atoms with Crippen LogP contribution in [-0.2, 0) is 0 Å². The molecular formula is C14H15N3O. The number of aromatic nitrogens is 2. The summed E-state index contributed by atoms with van der Waals surface area (Å²) in [6, 6.07) is 7.37. The van der Waals surface area contributed by atoms with Crippen molar-refractivity contribution in [3.8, 4) is 0 Å². The van der Waals surface area contributed by atoms with Crippen LogP contribution in [0.5, 0.6) is 0 Å². The third kappa shape index (κ3) is 2.06. The van der Waals surface area contributed by atoms with Crippen molar-refractivity contribution in [2.24, 2.45) is 5.10 Å². The van der Waals surface area contributed by atoms with Gasteiger partial charge < -0.3 is 0 Å². The van der Waals surface area contributed by atoms with E-state index < -0.39 is 0 Å². The summed E-state index contributed by atoms with van der Waals surface area (Å²) in [7, 11) is 0. The van der Waals surface area contributed by atoms with Crippen molar-refractivity contribution in [2.75, 3.05) is 0 Å². The second kappa shape index (κ2) is 4.72. The van der Waals surface area contributed by atoms with Crippen LogP contribution in [0, 0.1) is 0 Å². The molecule has 1 aromatic carbocycles. The number of hydrogen-bond donors (Lipinski definition) is 0. The molecule has 1 aliphatic carbocycles. The quantitative estimate of drug-likeness (QED) is 0.770. The van der Waals surface area contributed by atoms with Crippen LogP contribution in [0.3, 0.4) is 0 Å². The third-order valence-corrected chi connectivity index (χ3v) is 3.33. The number of fused-ring (bicyclic) bond motifs is 1. The lowest BCUT2D eigenvalue weighted by Crippen LogP contribution is -2.19. The summed E-state index contributed by atoms with van der Waals surface area (Å²) in [5.74, 6) is 0. The summed E-state index contributed by atoms with van der Waals surface area (Å²) in [6.45, 7) is 0. The average molecular weight is 241 g/mol. The molecule has 0 aliphatic heterocycles. The molecule has 3 rings (SSSR count). The first-order chi connectivity index (χ1) is 8.84. The highest BCUT2D eigenvalue weighted by Crippen LogP contribution is 2.15. The largest absolute Gasteiger partial charge is 0.281 e. The molecule has 4 heteroatoms. The first-order valence-electron chi connectivity index (χ1n) is 6.38. The SMILES string of the molecule is O=c1c2ccccc2ncn1N=C1CCCCC1. The molecule has 1 heterocycles. The van der Waals surface area contributed by atoms with Crippen molar-refractivity contribution in [1.29, 1.82) is 0 Å². The molecule has 1 fully saturated rings. The van der Waals surface area contributed by atoms with Crippen LogP contribution in [0.25, 0.3) is 10.9 Å². The maximum Gasteiger partial charge on any atom is 0.281 e. The van der Waals surface area contributed by atoms with Crippen molar-refractivity contribution in [3.63, 3.8) is 0 Å². The van der Waals surface area contributed by atoms with Crippen LogP contribution in [-0.4, -0.2) is 15.4 Å². The van der Waals surface area contributed by atoms with Crippen LogP contribution < -0.4 is 5.56 Å². The standard InChI is InChI=1S/C14H15N3O/c18-14-12-8-4-5-9-13(12)15-10-17(14)16-11-6-2-1-3-7-11/h4-5,8-10H,1-3,6-7H2. The molecule has 1 aromatic heterocycles. The second-order valence-corrected chi connectivity index (χ2v) is 4.64. The van der Waals surface area contributed by atoms with Gasteiger partial charge in [-0.3, -0.25) is 4.79 Å². The van der Waals surface area contributed by atoms with E-state index in [9.17, 15) is 4.79 Å². The van der Waals surface area contributed by atoms with E-state index >= 15 is 0 Å². The Balaban J connectivity index is 2.07. The molecule has 1 aliphatic rings. The van der Waals surface area contributed by atoms with E-state index in [0.717, 1.165) is 24.1 Å². The van der Waals surface area contributed by atoms with Crippen LogP contribution in [0.4, 0.5) is 0 Å². The van der Waals surface area contributed by atoms with E-state index in [1.807, 2.05) is 18.2 Å². The molecule has 0 unspecified atom stereocenters. The average Bonchev–Trinajstić information content (AvgIpc) is 2.43. The van der Waals surface area contributed by atoms with Crippen molar-refractivity contribution >= 4 is 16.6 Å². The Morgan fingerprint density at radius 3 is 2.72 bits per heavy atom. The molecule has 0 spiro atoms. The van der Waals surface area contributed by atoms with Gasteiger partial charge in [-0.25, -0.2) is 4.98 Å². The van der Waals surface area contributed by atoms with Gasteiger partial charge in [-0.2, -0.15) is 9.78 Å². The minimum Gasteiger partial charge on any atom is -0.267 e. The highest BCUT2D eigenvalue weighted by atomic mass is 16.1. The Bertz CT molecular complexity index is 649. The zero-order chi connectivity index (χ0) is 12.4. The van der Waals surface area contributed by atoms with Gasteiger partial charge in [-0.05, 0) is 37.8 Å². The topological polar surface area (TPSA) is 47.2 Å². The van der Waals surface area contributed by atoms with E-state index in [-0.39, 0.29) is 5.56 Å². The van der Waals surface area contributed by atoms with Crippen molar-refractivity contribution in [3.05, 3.63) is 40.9 Å². The summed E-state index contributed by atoms with van der Waals surface area (Å²) in [4.78, 5) is 16.5. The maximum atomic E-state index is 12.2. The van der Waals surface area contributed by atoms with Crippen molar-refractivity contribution in [1.82, 2.24) is 9.66 Å². The number of benzene rings is 1. The third-order valence-electron chi connectivity index (χ3n) is 3.33. The van der Waals surface area contributed by atoms with Crippen LogP contribution in [0.1, 0.15) is 32.1 Å². The lowest BCUT2D eigenvalue weighted by atomic mass is 9.99. The molecule has 1 saturated carbocycles. The Morgan fingerprint density at radius 1 is 1.11 bits per heavy atom. The predicted octanol–water partition coefficient (Wildman–Crippen LogP) is 2.56. The molecule has 4 nitrogen and oxygen atoms in total. The molecule has 0 bridgehead atoms. The van der Waals surface area contributed by atoms with Gasteiger partial charge in [0.15, 0.2) is 0 Å². The predicted molar refractivity (Wildman–Crippen MR) is 71.9 cm³/mol. The van der Waals surface area contributed by atoms with Crippen molar-refractivity contribution in [2.45, 2.75) is 32.1 Å². The molecule has 0 amide bonds. The van der Waals surface area contributed by atoms with E-state index in [2.05, 4.69) is 10.1 Å². The minimum atomic E-state index is -0.0846. The van der Waals surface area contributed by atoms with Gasteiger partial charge in [0, 0.05) is 5.71 Å². The smallest absolute Gasteiger partial charge is 0.267 e. The molecule has 0 saturated heterocycles. The second-order valence-electron chi connectivity index (χ2n) is 4.64. The van der Waals surface area contributed by atoms with Crippen LogP contribution in [0.15, 0.2) is 40.5 Å². The molecule has 0 N–H and O–H groups in total. The number of nitrogens with zero attached hydrogens (tertiary/aromatic N) is 3. The molecule has 2 aromatic rings. The Hall–Kier alpha value is -1.97. The maximum absolute atomic E-state index is 12.2. The first-order valence-corrected chi connectivity index (χ1v) is 6.38. The highest BCUT2D eigenvalue weighted by Gasteiger charge is 2.08. The van der Waals surface area contributed by atoms with Gasteiger partial charge in [0.25, 0.3) is 5.56 Å². The first kappa shape index (κ1) is 11.1. The van der Waals surface area contributed by atoms with Crippen LogP contribution in [0.2, 0.25) is 0 Å². The minimum absolute atomic E-state index is 0.0846. The fraction of sp³-hybridized carbons (Fsp3) is 0.357. The summed E-state index contributed by atoms with van der Waals surface area (Å²) in [5.41, 5.74) is 1.75. The molecule has 18 heavy (non-hydrogen) atoms. The van der Waals surface area contributed by atoms with Gasteiger partial charge >= 0.3 is 0 Å². The molecule has 92 valence electrons. The zero-order valence-electron chi connectivity index (χ0n) is 10.2. The summed E-state index contributed by atoms with van der Waals surface area (Å²) in [6.07, 6.45) is 7.14. The fourth-order valence-corrected chi connectivity index (χ4v) is 2.34. The number of rotatable bonds is 1. The summed E-state index contributed by atoms with van der Waals surface area (Å²) >= 11 is 0. The van der Waals surface area contributed by atoms with Gasteiger partial charge in [0.1, 0.15) is 6.33 Å². The Kier molecular flexibility index (Phi) is 2.92. The monoisotopic (exact) mass is 241 g/mol. The highest BCUT2D eigenvalue weighted by molar-refractivity contribution is 5.85. The number of hydrogen-bond acceptors (Lipinski definition) is 3. The lowest BCUT2D eigenvalue weighted by Gasteiger charge is -2.12. The van der Waals surface area contributed by atoms with E-state index in [0.29, 0.717) is 5.39 Å². The normalized spacial score (nSPS) is 15.9. The number of para-hydroxylation sites is 1. The van der Waals surface area contributed by atoms with Gasteiger partial charge in [-0.1, -0.05) is 18.6 Å². The van der Waals surface area contributed by atoms with E-state index in [4.69, 9.17) is 0 Å². The fourth-order valence-electron chi connectivity index (χ4n) is 2.34. The van der Waals surface area contributed by atoms with Gasteiger partial charge in [0.05, 0.1) is 10.9 Å². The van der Waals surface area contributed by atoms with Crippen molar-refractivity contribution < 1.29 is 0 Å². The van der Waals surface area contributed by atoms with Gasteiger partial charge in [-0.15, -0.1) is 0 Å². The van der Waals surface area contributed by atoms with E-state index in [1.165, 1.54) is 30.3 Å². The molecule has 0 radical (unpaired) electrons. The molecule has 0 atom stereocenters. The Morgan fingerprint density at radius 2 is 1.89 bits per heavy atom. The summed E-state index contributed by atoms with van der Waals surface area (Å²) in [5, 5.41) is 5.05.